The van der Waals surface area contributed by atoms with Gasteiger partial charge in [0.25, 0.3) is 14.2 Å². The van der Waals surface area contributed by atoms with E-state index in [0.717, 1.165) is 0 Å². The lowest BCUT2D eigenvalue weighted by Gasteiger charge is -2.42. The molecular weight excluding hydrogens is 402 g/mol. The van der Waals surface area contributed by atoms with Gasteiger partial charge in [-0.15, -0.1) is 0 Å². The van der Waals surface area contributed by atoms with E-state index >= 15 is 0 Å². The summed E-state index contributed by atoms with van der Waals surface area (Å²) in [6, 6.07) is 4.59. The molecule has 0 bridgehead atoms. The van der Waals surface area contributed by atoms with Gasteiger partial charge in [-0.2, -0.15) is 0 Å². The van der Waals surface area contributed by atoms with E-state index in [1.807, 2.05) is 0 Å². The highest BCUT2D eigenvalue weighted by molar-refractivity contribution is 6.78. The lowest BCUT2D eigenvalue weighted by Crippen LogP contribution is -2.50. The molecular formula is C22H35NO6Si. The second-order valence-electron chi connectivity index (χ2n) is 8.99. The van der Waals surface area contributed by atoms with E-state index in [0.29, 0.717) is 22.4 Å². The fourth-order valence-electron chi connectivity index (χ4n) is 4.11. The van der Waals surface area contributed by atoms with Crippen LogP contribution in [0.2, 0.25) is 16.6 Å². The van der Waals surface area contributed by atoms with Crippen LogP contribution in [-0.4, -0.2) is 36.9 Å². The van der Waals surface area contributed by atoms with Gasteiger partial charge in [0.05, 0.1) is 11.3 Å². The number of hydrogen-bond acceptors (Lipinski definition) is 5. The number of carbonyl (C=O) groups excluding carboxylic acids is 2. The summed E-state index contributed by atoms with van der Waals surface area (Å²) in [5, 5.41) is 12.1. The predicted molar refractivity (Wildman–Crippen MR) is 120 cm³/mol. The van der Waals surface area contributed by atoms with Crippen molar-refractivity contribution in [1.29, 1.82) is 0 Å². The van der Waals surface area contributed by atoms with Crippen LogP contribution in [0.15, 0.2) is 18.2 Å². The summed E-state index contributed by atoms with van der Waals surface area (Å²) in [5.74, 6) is -1.89. The van der Waals surface area contributed by atoms with Gasteiger partial charge >= 0.3 is 11.9 Å². The summed E-state index contributed by atoms with van der Waals surface area (Å²) < 4.78 is 11.7. The minimum Gasteiger partial charge on any atom is -0.543 e. The molecule has 0 fully saturated rings. The van der Waals surface area contributed by atoms with E-state index < -0.39 is 31.8 Å². The highest BCUT2D eigenvalue weighted by atomic mass is 28.4. The van der Waals surface area contributed by atoms with Crippen molar-refractivity contribution < 1.29 is 28.7 Å². The standard InChI is InChI=1S/C22H35NO6Si/c1-13(2)30(14(3)4,15(5)6)29-17-10-11-18(20(25)26)19(12-17)23-21(27)22(8,9)28-16(7)24/h10-15H,1-9H3,(H,23,27)(H,25,26). The first-order chi connectivity index (χ1) is 13.6. The Labute approximate surface area is 180 Å². The number of aromatic carboxylic acids is 1. The summed E-state index contributed by atoms with van der Waals surface area (Å²) in [7, 11) is -2.26. The molecule has 0 saturated heterocycles. The fraction of sp³-hybridized carbons (Fsp3) is 0.591. The zero-order valence-corrected chi connectivity index (χ0v) is 20.5. The number of rotatable bonds is 9. The molecule has 7 nitrogen and oxygen atoms in total. The van der Waals surface area contributed by atoms with Crippen molar-refractivity contribution in [3.63, 3.8) is 0 Å². The third kappa shape index (κ3) is 5.62. The molecule has 8 heteroatoms. The van der Waals surface area contributed by atoms with Gasteiger partial charge < -0.3 is 19.6 Å². The summed E-state index contributed by atoms with van der Waals surface area (Å²) in [5.41, 5.74) is -0.428. The number of hydrogen-bond donors (Lipinski definition) is 2. The van der Waals surface area contributed by atoms with Crippen LogP contribution >= 0.6 is 0 Å². The molecule has 0 radical (unpaired) electrons. The maximum absolute atomic E-state index is 12.7. The summed E-state index contributed by atoms with van der Waals surface area (Å²) in [6.07, 6.45) is 0. The van der Waals surface area contributed by atoms with Gasteiger partial charge in [-0.1, -0.05) is 41.5 Å². The molecule has 0 spiro atoms. The SMILES string of the molecule is CC(=O)OC(C)(C)C(=O)Nc1cc(O[Si](C(C)C)(C(C)C)C(C)C)ccc1C(=O)O. The average Bonchev–Trinajstić information content (AvgIpc) is 2.57. The summed E-state index contributed by atoms with van der Waals surface area (Å²) in [6.45, 7) is 17.0. The molecule has 168 valence electrons. The van der Waals surface area contributed by atoms with Crippen molar-refractivity contribution in [3.05, 3.63) is 23.8 Å². The van der Waals surface area contributed by atoms with Crippen LogP contribution < -0.4 is 9.74 Å². The topological polar surface area (TPSA) is 102 Å². The molecule has 0 aromatic heterocycles. The molecule has 30 heavy (non-hydrogen) atoms. The molecule has 0 aliphatic heterocycles. The zero-order chi connectivity index (χ0) is 23.4. The third-order valence-electron chi connectivity index (χ3n) is 5.42. The Morgan fingerprint density at radius 3 is 1.90 bits per heavy atom. The minimum absolute atomic E-state index is 0.0692. The fourth-order valence-corrected chi connectivity index (χ4v) is 9.36. The van der Waals surface area contributed by atoms with Gasteiger partial charge in [0.2, 0.25) is 0 Å². The van der Waals surface area contributed by atoms with Gasteiger partial charge in [0.15, 0.2) is 5.60 Å². The first kappa shape index (κ1) is 25.7. The number of carbonyl (C=O) groups is 3. The molecule has 0 aliphatic rings. The Bertz CT molecular complexity index is 779. The molecule has 2 N–H and O–H groups in total. The zero-order valence-electron chi connectivity index (χ0n) is 19.5. The number of esters is 1. The molecule has 0 aliphatic carbocycles. The van der Waals surface area contributed by atoms with E-state index in [-0.39, 0.29) is 11.3 Å². The Balaban J connectivity index is 3.39. The maximum Gasteiger partial charge on any atom is 0.337 e. The maximum atomic E-state index is 12.7. The van der Waals surface area contributed by atoms with Gasteiger partial charge in [0, 0.05) is 13.0 Å². The highest BCUT2D eigenvalue weighted by Gasteiger charge is 2.47. The van der Waals surface area contributed by atoms with Crippen LogP contribution in [0.3, 0.4) is 0 Å². The monoisotopic (exact) mass is 437 g/mol. The smallest absolute Gasteiger partial charge is 0.337 e. The molecule has 1 aromatic rings. The highest BCUT2D eigenvalue weighted by Crippen LogP contribution is 2.43. The first-order valence-corrected chi connectivity index (χ1v) is 12.4. The number of nitrogens with one attached hydrogen (secondary N) is 1. The first-order valence-electron chi connectivity index (χ1n) is 10.2. The number of benzene rings is 1. The number of amides is 1. The van der Waals surface area contributed by atoms with Crippen LogP contribution in [-0.2, 0) is 14.3 Å². The van der Waals surface area contributed by atoms with E-state index in [1.165, 1.54) is 26.8 Å². The second kappa shape index (κ2) is 9.64. The predicted octanol–water partition coefficient (Wildman–Crippen LogP) is 5.22. The van der Waals surface area contributed by atoms with Crippen LogP contribution in [0.4, 0.5) is 5.69 Å². The normalized spacial score (nSPS) is 12.3. The van der Waals surface area contributed by atoms with Gasteiger partial charge in [-0.3, -0.25) is 9.59 Å². The van der Waals surface area contributed by atoms with Crippen LogP contribution in [0.25, 0.3) is 0 Å². The van der Waals surface area contributed by atoms with E-state index in [2.05, 4.69) is 46.9 Å². The Kier molecular flexibility index (Phi) is 8.25. The van der Waals surface area contributed by atoms with Crippen molar-refractivity contribution in [2.24, 2.45) is 0 Å². The average molecular weight is 438 g/mol. The lowest BCUT2D eigenvalue weighted by atomic mass is 10.1. The van der Waals surface area contributed by atoms with Crippen LogP contribution in [0, 0.1) is 0 Å². The molecule has 0 heterocycles. The van der Waals surface area contributed by atoms with Gasteiger partial charge in [-0.25, -0.2) is 4.79 Å². The summed E-state index contributed by atoms with van der Waals surface area (Å²) in [4.78, 5) is 35.6. The van der Waals surface area contributed by atoms with Crippen molar-refractivity contribution >= 4 is 31.9 Å². The number of carboxylic acid groups (broad SMARTS) is 1. The van der Waals surface area contributed by atoms with E-state index in [1.54, 1.807) is 12.1 Å². The molecule has 1 rings (SSSR count). The van der Waals surface area contributed by atoms with Crippen LogP contribution in [0.5, 0.6) is 5.75 Å². The third-order valence-corrected chi connectivity index (χ3v) is 11.4. The van der Waals surface area contributed by atoms with Crippen molar-refractivity contribution in [2.75, 3.05) is 5.32 Å². The molecule has 0 atom stereocenters. The van der Waals surface area contributed by atoms with Gasteiger partial charge in [-0.05, 0) is 42.6 Å². The molecule has 1 amide bonds. The van der Waals surface area contributed by atoms with E-state index in [4.69, 9.17) is 9.16 Å². The Hall–Kier alpha value is -2.35. The summed E-state index contributed by atoms with van der Waals surface area (Å²) >= 11 is 0. The largest absolute Gasteiger partial charge is 0.543 e. The lowest BCUT2D eigenvalue weighted by molar-refractivity contribution is -0.160. The quantitative estimate of drug-likeness (QED) is 0.406. The van der Waals surface area contributed by atoms with Crippen molar-refractivity contribution in [2.45, 2.75) is 84.5 Å². The number of carboxylic acids is 1. The molecule has 1 aromatic carbocycles. The minimum atomic E-state index is -2.26. The molecule has 0 saturated carbocycles. The van der Waals surface area contributed by atoms with Crippen molar-refractivity contribution in [3.8, 4) is 5.75 Å². The Morgan fingerprint density at radius 2 is 1.50 bits per heavy atom. The van der Waals surface area contributed by atoms with Crippen molar-refractivity contribution in [1.82, 2.24) is 0 Å². The van der Waals surface area contributed by atoms with Gasteiger partial charge in [0.1, 0.15) is 5.75 Å². The second-order valence-corrected chi connectivity index (χ2v) is 14.4. The number of ether oxygens (including phenoxy) is 1. The number of anilines is 1. The van der Waals surface area contributed by atoms with E-state index in [9.17, 15) is 19.5 Å². The Morgan fingerprint density at radius 1 is 1.00 bits per heavy atom. The van der Waals surface area contributed by atoms with Crippen LogP contribution in [0.1, 0.15) is 72.7 Å². The molecule has 0 unspecified atom stereocenters.